The van der Waals surface area contributed by atoms with Gasteiger partial charge in [-0.2, -0.15) is 0 Å². The van der Waals surface area contributed by atoms with E-state index < -0.39 is 23.9 Å². The van der Waals surface area contributed by atoms with Crippen LogP contribution < -0.4 is 4.74 Å². The van der Waals surface area contributed by atoms with Gasteiger partial charge in [-0.15, -0.1) is 0 Å². The third kappa shape index (κ3) is 3.69. The fourth-order valence-electron chi connectivity index (χ4n) is 3.15. The summed E-state index contributed by atoms with van der Waals surface area (Å²) in [4.78, 5) is 12.3. The highest BCUT2D eigenvalue weighted by molar-refractivity contribution is 9.10. The molecule has 0 saturated carbocycles. The van der Waals surface area contributed by atoms with Crippen molar-refractivity contribution in [3.8, 4) is 5.75 Å². The number of fused-ring (bicyclic) bond motifs is 1. The third-order valence-corrected chi connectivity index (χ3v) is 5.83. The van der Waals surface area contributed by atoms with Crippen molar-refractivity contribution in [3.63, 3.8) is 0 Å². The Morgan fingerprint density at radius 3 is 2.26 bits per heavy atom. The average Bonchev–Trinajstić information content (AvgIpc) is 2.75. The number of hydrogen-bond acceptors (Lipinski definition) is 5. The molecule has 0 N–H and O–H groups in total. The van der Waals surface area contributed by atoms with Crippen molar-refractivity contribution in [2.45, 2.75) is 65.3 Å². The van der Waals surface area contributed by atoms with Crippen LogP contribution >= 0.6 is 15.9 Å². The van der Waals surface area contributed by atoms with Crippen molar-refractivity contribution in [2.75, 3.05) is 6.61 Å². The van der Waals surface area contributed by atoms with E-state index in [-0.39, 0.29) is 5.97 Å². The molecule has 2 heterocycles. The SMILES string of the molecule is CCOC(=O)c1cc(Br)c2c(c1)C(B1OC(C)(C)C(C)(C)O1)=CC(C)(C)O2. The van der Waals surface area contributed by atoms with Gasteiger partial charge >= 0.3 is 13.1 Å². The minimum Gasteiger partial charge on any atom is -0.482 e. The van der Waals surface area contributed by atoms with Gasteiger partial charge in [0.15, 0.2) is 0 Å². The third-order valence-electron chi connectivity index (χ3n) is 5.24. The first-order chi connectivity index (χ1) is 12.4. The van der Waals surface area contributed by atoms with Crippen LogP contribution in [0.25, 0.3) is 5.47 Å². The van der Waals surface area contributed by atoms with Crippen LogP contribution in [0.3, 0.4) is 0 Å². The molecule has 1 aromatic rings. The number of carbonyl (C=O) groups is 1. The van der Waals surface area contributed by atoms with Gasteiger partial charge in [0.1, 0.15) is 11.4 Å². The first-order valence-corrected chi connectivity index (χ1v) is 9.94. The standard InChI is InChI=1S/C20H26BBrO5/c1-8-24-17(23)12-9-13-14(21-26-19(4,5)20(6,7)27-21)11-18(2,3)25-16(13)15(22)10-12/h9-11H,8H2,1-7H3. The van der Waals surface area contributed by atoms with Gasteiger partial charge in [-0.25, -0.2) is 4.79 Å². The minimum absolute atomic E-state index is 0.316. The van der Waals surface area contributed by atoms with Crippen LogP contribution in [-0.4, -0.2) is 36.5 Å². The monoisotopic (exact) mass is 436 g/mol. The molecule has 1 saturated heterocycles. The van der Waals surface area contributed by atoms with Gasteiger partial charge in [-0.1, -0.05) is 0 Å². The van der Waals surface area contributed by atoms with Crippen molar-refractivity contribution < 1.29 is 23.6 Å². The van der Waals surface area contributed by atoms with Crippen LogP contribution in [0.2, 0.25) is 0 Å². The molecule has 3 rings (SSSR count). The molecule has 27 heavy (non-hydrogen) atoms. The highest BCUT2D eigenvalue weighted by Gasteiger charge is 2.53. The van der Waals surface area contributed by atoms with Crippen LogP contribution in [-0.2, 0) is 14.0 Å². The van der Waals surface area contributed by atoms with Crippen LogP contribution in [0.1, 0.15) is 64.4 Å². The Balaban J connectivity index is 2.10. The fraction of sp³-hybridized carbons (Fsp3) is 0.550. The molecule has 2 aliphatic heterocycles. The second-order valence-electron chi connectivity index (χ2n) is 8.45. The lowest BCUT2D eigenvalue weighted by molar-refractivity contribution is 0.00578. The van der Waals surface area contributed by atoms with E-state index in [1.165, 1.54) is 0 Å². The number of ether oxygens (including phenoxy) is 2. The Hall–Kier alpha value is -1.31. The van der Waals surface area contributed by atoms with E-state index in [9.17, 15) is 4.79 Å². The van der Waals surface area contributed by atoms with Crippen molar-refractivity contribution in [3.05, 3.63) is 33.8 Å². The summed E-state index contributed by atoms with van der Waals surface area (Å²) < 4.78 is 24.5. The molecule has 0 aliphatic carbocycles. The predicted molar refractivity (Wildman–Crippen MR) is 109 cm³/mol. The first kappa shape index (κ1) is 20.4. The molecule has 0 radical (unpaired) electrons. The van der Waals surface area contributed by atoms with Gasteiger partial charge in [0.2, 0.25) is 0 Å². The maximum absolute atomic E-state index is 12.3. The van der Waals surface area contributed by atoms with Gasteiger partial charge in [-0.05, 0) is 88.1 Å². The molecule has 5 nitrogen and oxygen atoms in total. The van der Waals surface area contributed by atoms with E-state index in [4.69, 9.17) is 18.8 Å². The molecule has 2 aliphatic rings. The highest BCUT2D eigenvalue weighted by Crippen LogP contribution is 2.47. The maximum Gasteiger partial charge on any atom is 0.495 e. The van der Waals surface area contributed by atoms with E-state index in [0.717, 1.165) is 11.0 Å². The van der Waals surface area contributed by atoms with Crippen molar-refractivity contribution >= 4 is 34.5 Å². The molecular formula is C20H26BBrO5. The molecule has 0 aromatic heterocycles. The summed E-state index contributed by atoms with van der Waals surface area (Å²) >= 11 is 3.54. The summed E-state index contributed by atoms with van der Waals surface area (Å²) in [6.07, 6.45) is 2.00. The molecular weight excluding hydrogens is 411 g/mol. The van der Waals surface area contributed by atoms with Crippen molar-refractivity contribution in [1.82, 2.24) is 0 Å². The van der Waals surface area contributed by atoms with Gasteiger partial charge in [0, 0.05) is 5.56 Å². The largest absolute Gasteiger partial charge is 0.495 e. The molecule has 1 aromatic carbocycles. The molecule has 0 spiro atoms. The smallest absolute Gasteiger partial charge is 0.482 e. The van der Waals surface area contributed by atoms with E-state index >= 15 is 0 Å². The second-order valence-corrected chi connectivity index (χ2v) is 9.30. The Labute approximate surface area is 169 Å². The lowest BCUT2D eigenvalue weighted by Crippen LogP contribution is -2.41. The van der Waals surface area contributed by atoms with E-state index in [1.807, 2.05) is 47.6 Å². The van der Waals surface area contributed by atoms with Gasteiger partial charge in [-0.3, -0.25) is 0 Å². The number of hydrogen-bond donors (Lipinski definition) is 0. The predicted octanol–water partition coefficient (Wildman–Crippen LogP) is 4.81. The number of benzene rings is 1. The van der Waals surface area contributed by atoms with E-state index in [0.29, 0.717) is 22.4 Å². The minimum atomic E-state index is -0.554. The first-order valence-electron chi connectivity index (χ1n) is 9.15. The Morgan fingerprint density at radius 2 is 1.70 bits per heavy atom. The molecule has 0 unspecified atom stereocenters. The Bertz CT molecular complexity index is 797. The molecule has 0 atom stereocenters. The number of halogens is 1. The molecule has 7 heteroatoms. The quantitative estimate of drug-likeness (QED) is 0.502. The Morgan fingerprint density at radius 1 is 1.11 bits per heavy atom. The number of esters is 1. The maximum atomic E-state index is 12.3. The fourth-order valence-corrected chi connectivity index (χ4v) is 3.69. The summed E-state index contributed by atoms with van der Waals surface area (Å²) in [6.45, 7) is 14.1. The summed E-state index contributed by atoms with van der Waals surface area (Å²) in [5.41, 5.74) is 0.610. The highest BCUT2D eigenvalue weighted by atomic mass is 79.9. The van der Waals surface area contributed by atoms with Crippen LogP contribution in [0.4, 0.5) is 0 Å². The average molecular weight is 437 g/mol. The summed E-state index contributed by atoms with van der Waals surface area (Å²) in [5, 5.41) is 0. The normalized spacial score (nSPS) is 21.9. The topological polar surface area (TPSA) is 54.0 Å². The lowest BCUT2D eigenvalue weighted by Gasteiger charge is -2.32. The van der Waals surface area contributed by atoms with Gasteiger partial charge < -0.3 is 18.8 Å². The molecule has 0 bridgehead atoms. The van der Waals surface area contributed by atoms with Crippen LogP contribution in [0, 0.1) is 0 Å². The van der Waals surface area contributed by atoms with Crippen molar-refractivity contribution in [2.24, 2.45) is 0 Å². The summed E-state index contributed by atoms with van der Waals surface area (Å²) in [5.74, 6) is 0.291. The van der Waals surface area contributed by atoms with Gasteiger partial charge in [0.25, 0.3) is 0 Å². The molecule has 0 amide bonds. The van der Waals surface area contributed by atoms with Crippen molar-refractivity contribution in [1.29, 1.82) is 0 Å². The zero-order valence-electron chi connectivity index (χ0n) is 16.9. The zero-order chi connectivity index (χ0) is 20.2. The van der Waals surface area contributed by atoms with E-state index in [1.54, 1.807) is 19.1 Å². The number of carbonyl (C=O) groups excluding carboxylic acids is 1. The van der Waals surface area contributed by atoms with Crippen LogP contribution in [0.5, 0.6) is 5.75 Å². The summed E-state index contributed by atoms with van der Waals surface area (Å²) in [6, 6.07) is 3.50. The zero-order valence-corrected chi connectivity index (χ0v) is 18.5. The lowest BCUT2D eigenvalue weighted by atomic mass is 9.70. The molecule has 146 valence electrons. The van der Waals surface area contributed by atoms with Crippen LogP contribution in [0.15, 0.2) is 22.7 Å². The molecule has 1 fully saturated rings. The Kier molecular flexibility index (Phi) is 5.02. The summed E-state index contributed by atoms with van der Waals surface area (Å²) in [7, 11) is -0.554. The second kappa shape index (κ2) is 6.64. The van der Waals surface area contributed by atoms with E-state index in [2.05, 4.69) is 15.9 Å². The van der Waals surface area contributed by atoms with Gasteiger partial charge in [0.05, 0.1) is 27.8 Å². The number of rotatable bonds is 3.